The number of piperidine rings is 1. The van der Waals surface area contributed by atoms with Crippen molar-refractivity contribution in [3.8, 4) is 0 Å². The van der Waals surface area contributed by atoms with E-state index in [1.165, 1.54) is 12.0 Å². The Morgan fingerprint density at radius 1 is 1.35 bits per heavy atom. The summed E-state index contributed by atoms with van der Waals surface area (Å²) in [7, 11) is 1.30. The van der Waals surface area contributed by atoms with Crippen LogP contribution in [-0.4, -0.2) is 54.2 Å². The second-order valence-corrected chi connectivity index (χ2v) is 5.47. The van der Waals surface area contributed by atoms with Crippen LogP contribution in [0.2, 0.25) is 0 Å². The van der Waals surface area contributed by atoms with Gasteiger partial charge >= 0.3 is 18.0 Å². The molecule has 0 spiro atoms. The molecule has 0 aromatic heterocycles. The van der Waals surface area contributed by atoms with Crippen LogP contribution in [0, 0.1) is 5.41 Å². The predicted octanol–water partition coefficient (Wildman–Crippen LogP) is 0.588. The Morgan fingerprint density at radius 2 is 2.05 bits per heavy atom. The average molecular weight is 284 g/mol. The number of ether oxygens (including phenoxy) is 1. The fourth-order valence-corrected chi connectivity index (χ4v) is 2.52. The van der Waals surface area contributed by atoms with Crippen molar-refractivity contribution in [3.63, 3.8) is 0 Å². The van der Waals surface area contributed by atoms with Gasteiger partial charge in [-0.15, -0.1) is 0 Å². The molecule has 1 heterocycles. The van der Waals surface area contributed by atoms with E-state index in [-0.39, 0.29) is 12.6 Å². The summed E-state index contributed by atoms with van der Waals surface area (Å²) in [6, 6.07) is -0.943. The number of amides is 2. The fraction of sp³-hybridized carbons (Fsp3) is 0.769. The summed E-state index contributed by atoms with van der Waals surface area (Å²) in [4.78, 5) is 36.3. The van der Waals surface area contributed by atoms with Crippen molar-refractivity contribution in [2.75, 3.05) is 20.2 Å². The normalized spacial score (nSPS) is 23.9. The van der Waals surface area contributed by atoms with Crippen molar-refractivity contribution in [2.45, 2.75) is 38.1 Å². The molecular weight excluding hydrogens is 264 g/mol. The lowest BCUT2D eigenvalue weighted by molar-refractivity contribution is -0.147. The van der Waals surface area contributed by atoms with Crippen molar-refractivity contribution in [3.05, 3.63) is 0 Å². The van der Waals surface area contributed by atoms with Crippen LogP contribution in [0.5, 0.6) is 0 Å². The summed E-state index contributed by atoms with van der Waals surface area (Å²) in [5.41, 5.74) is -0.799. The number of carboxylic acid groups (broad SMARTS) is 1. The predicted molar refractivity (Wildman–Crippen MR) is 69.1 cm³/mol. The van der Waals surface area contributed by atoms with Crippen molar-refractivity contribution in [1.82, 2.24) is 10.2 Å². The Kier molecular flexibility index (Phi) is 4.15. The first kappa shape index (κ1) is 14.6. The van der Waals surface area contributed by atoms with Crippen LogP contribution >= 0.6 is 0 Å². The molecule has 1 aliphatic heterocycles. The molecule has 2 N–H and O–H groups in total. The first-order chi connectivity index (χ1) is 9.50. The summed E-state index contributed by atoms with van der Waals surface area (Å²) >= 11 is 0. The number of nitrogens with zero attached hydrogens (tertiary/aromatic N) is 1. The van der Waals surface area contributed by atoms with E-state index < -0.39 is 23.4 Å². The number of methoxy groups -OCH3 is 1. The lowest BCUT2D eigenvalue weighted by Crippen LogP contribution is -2.53. The maximum atomic E-state index is 12.1. The van der Waals surface area contributed by atoms with Crippen molar-refractivity contribution in [1.29, 1.82) is 0 Å². The number of aliphatic carboxylic acids is 1. The van der Waals surface area contributed by atoms with Gasteiger partial charge in [0.15, 0.2) is 0 Å². The molecule has 1 unspecified atom stereocenters. The van der Waals surface area contributed by atoms with E-state index in [0.717, 1.165) is 12.8 Å². The van der Waals surface area contributed by atoms with Crippen LogP contribution in [0.4, 0.5) is 4.79 Å². The number of carbonyl (C=O) groups excluding carboxylic acids is 2. The van der Waals surface area contributed by atoms with Crippen LogP contribution in [0.1, 0.15) is 32.1 Å². The third-order valence-electron chi connectivity index (χ3n) is 4.12. The second kappa shape index (κ2) is 5.68. The van der Waals surface area contributed by atoms with Gasteiger partial charge in [-0.2, -0.15) is 0 Å². The molecule has 0 aromatic rings. The molecule has 2 aliphatic rings. The molecule has 0 radical (unpaired) electrons. The molecule has 0 aromatic carbocycles. The summed E-state index contributed by atoms with van der Waals surface area (Å²) in [5, 5.41) is 11.7. The molecule has 1 atom stereocenters. The topological polar surface area (TPSA) is 95.9 Å². The van der Waals surface area contributed by atoms with Gasteiger partial charge in [-0.1, -0.05) is 0 Å². The first-order valence-electron chi connectivity index (χ1n) is 6.86. The molecule has 1 aliphatic carbocycles. The van der Waals surface area contributed by atoms with Gasteiger partial charge in [-0.05, 0) is 32.1 Å². The van der Waals surface area contributed by atoms with E-state index in [1.807, 2.05) is 0 Å². The number of likely N-dealkylation sites (tertiary alicyclic amines) is 1. The van der Waals surface area contributed by atoms with Crippen LogP contribution in [-0.2, 0) is 14.3 Å². The minimum atomic E-state index is -0.874. The van der Waals surface area contributed by atoms with E-state index >= 15 is 0 Å². The van der Waals surface area contributed by atoms with Gasteiger partial charge in [0, 0.05) is 13.1 Å². The third kappa shape index (κ3) is 2.86. The highest BCUT2D eigenvalue weighted by Crippen LogP contribution is 2.45. The quantitative estimate of drug-likeness (QED) is 0.736. The number of urea groups is 1. The Labute approximate surface area is 117 Å². The molecular formula is C13H20N2O5. The average Bonchev–Trinajstić information content (AvgIpc) is 3.25. The van der Waals surface area contributed by atoms with Gasteiger partial charge < -0.3 is 20.1 Å². The highest BCUT2D eigenvalue weighted by molar-refractivity contribution is 5.85. The van der Waals surface area contributed by atoms with Crippen LogP contribution in [0.15, 0.2) is 0 Å². The molecule has 2 amide bonds. The van der Waals surface area contributed by atoms with E-state index in [1.54, 1.807) is 0 Å². The van der Waals surface area contributed by atoms with Gasteiger partial charge in [0.1, 0.15) is 6.04 Å². The van der Waals surface area contributed by atoms with E-state index in [0.29, 0.717) is 25.8 Å². The van der Waals surface area contributed by atoms with Gasteiger partial charge in [-0.3, -0.25) is 4.79 Å². The van der Waals surface area contributed by atoms with E-state index in [2.05, 4.69) is 5.32 Å². The summed E-state index contributed by atoms with van der Waals surface area (Å²) in [6.45, 7) is 0.608. The smallest absolute Gasteiger partial charge is 0.328 e. The Morgan fingerprint density at radius 3 is 2.60 bits per heavy atom. The zero-order valence-corrected chi connectivity index (χ0v) is 11.6. The van der Waals surface area contributed by atoms with Crippen molar-refractivity contribution in [2.24, 2.45) is 5.41 Å². The van der Waals surface area contributed by atoms with Gasteiger partial charge in [0.25, 0.3) is 0 Å². The van der Waals surface area contributed by atoms with Gasteiger partial charge in [0.05, 0.1) is 12.5 Å². The monoisotopic (exact) mass is 284 g/mol. The molecule has 2 fully saturated rings. The maximum Gasteiger partial charge on any atom is 0.328 e. The molecule has 1 saturated heterocycles. The first-order valence-corrected chi connectivity index (χ1v) is 6.86. The molecule has 7 nitrogen and oxygen atoms in total. The van der Waals surface area contributed by atoms with E-state index in [9.17, 15) is 14.4 Å². The molecule has 2 rings (SSSR count). The SMILES string of the molecule is COC(=O)C1CCCCN1C(=O)NCC1(C(=O)O)CC1. The van der Waals surface area contributed by atoms with Crippen LogP contribution in [0.25, 0.3) is 0 Å². The maximum absolute atomic E-state index is 12.1. The highest BCUT2D eigenvalue weighted by atomic mass is 16.5. The fourth-order valence-electron chi connectivity index (χ4n) is 2.52. The number of carboxylic acids is 1. The molecule has 7 heteroatoms. The molecule has 1 saturated carbocycles. The second-order valence-electron chi connectivity index (χ2n) is 5.47. The zero-order valence-electron chi connectivity index (χ0n) is 11.6. The summed E-state index contributed by atoms with van der Waals surface area (Å²) < 4.78 is 4.71. The number of hydrogen-bond donors (Lipinski definition) is 2. The number of nitrogens with one attached hydrogen (secondary N) is 1. The third-order valence-corrected chi connectivity index (χ3v) is 4.12. The van der Waals surface area contributed by atoms with Gasteiger partial charge in [-0.25, -0.2) is 9.59 Å². The van der Waals surface area contributed by atoms with E-state index in [4.69, 9.17) is 9.84 Å². The zero-order chi connectivity index (χ0) is 14.8. The Bertz CT molecular complexity index is 419. The molecule has 0 bridgehead atoms. The molecule has 20 heavy (non-hydrogen) atoms. The lowest BCUT2D eigenvalue weighted by atomic mass is 10.0. The summed E-state index contributed by atoms with van der Waals surface area (Å²) in [6.07, 6.45) is 3.48. The highest BCUT2D eigenvalue weighted by Gasteiger charge is 2.50. The van der Waals surface area contributed by atoms with Crippen LogP contribution < -0.4 is 5.32 Å². The number of esters is 1. The minimum Gasteiger partial charge on any atom is -0.481 e. The number of carbonyl (C=O) groups is 3. The van der Waals surface area contributed by atoms with Crippen LogP contribution in [0.3, 0.4) is 0 Å². The standard InChI is InChI=1S/C13H20N2O5/c1-20-10(16)9-4-2-3-7-15(9)12(19)14-8-13(5-6-13)11(17)18/h9H,2-8H2,1H3,(H,14,19)(H,17,18). The Balaban J connectivity index is 1.93. The number of hydrogen-bond acceptors (Lipinski definition) is 4. The molecule has 112 valence electrons. The largest absolute Gasteiger partial charge is 0.481 e. The van der Waals surface area contributed by atoms with Crippen molar-refractivity contribution >= 4 is 18.0 Å². The van der Waals surface area contributed by atoms with Gasteiger partial charge in [0.2, 0.25) is 0 Å². The van der Waals surface area contributed by atoms with Crippen molar-refractivity contribution < 1.29 is 24.2 Å². The Hall–Kier alpha value is -1.79. The lowest BCUT2D eigenvalue weighted by Gasteiger charge is -2.34. The minimum absolute atomic E-state index is 0.117. The number of rotatable bonds is 4. The summed E-state index contributed by atoms with van der Waals surface area (Å²) in [5.74, 6) is -1.29.